The maximum atomic E-state index is 12.0. The fraction of sp³-hybridized carbons (Fsp3) is 0.235. The van der Waals surface area contributed by atoms with Crippen LogP contribution in [0.1, 0.15) is 18.4 Å². The molecule has 0 aliphatic carbocycles. The molecule has 4 nitrogen and oxygen atoms in total. The van der Waals surface area contributed by atoms with Crippen molar-refractivity contribution in [1.29, 1.82) is 0 Å². The van der Waals surface area contributed by atoms with Gasteiger partial charge in [0, 0.05) is 5.69 Å². The molecule has 1 unspecified atom stereocenters. The number of benzene rings is 2. The van der Waals surface area contributed by atoms with Crippen LogP contribution in [0.15, 0.2) is 54.6 Å². The molecule has 0 aliphatic rings. The fourth-order valence-electron chi connectivity index (χ4n) is 1.95. The van der Waals surface area contributed by atoms with Crippen molar-refractivity contribution < 1.29 is 9.53 Å². The molecule has 1 amide bonds. The van der Waals surface area contributed by atoms with Gasteiger partial charge in [0.1, 0.15) is 12.4 Å². The normalized spacial score (nSPS) is 11.7. The molecule has 4 heteroatoms. The van der Waals surface area contributed by atoms with Crippen LogP contribution in [-0.4, -0.2) is 19.1 Å². The smallest absolute Gasteiger partial charge is 0.227 e. The SMILES string of the molecule is CC(C(=O)NCCOc1ccc(N)cc1)c1ccccc1. The van der Waals surface area contributed by atoms with E-state index in [4.69, 9.17) is 10.5 Å². The topological polar surface area (TPSA) is 64.3 Å². The lowest BCUT2D eigenvalue weighted by Gasteiger charge is -2.13. The Morgan fingerprint density at radius 1 is 1.14 bits per heavy atom. The molecule has 2 aromatic rings. The van der Waals surface area contributed by atoms with E-state index in [1.54, 1.807) is 12.1 Å². The summed E-state index contributed by atoms with van der Waals surface area (Å²) in [5.41, 5.74) is 7.31. The molecule has 0 fully saturated rings. The van der Waals surface area contributed by atoms with Gasteiger partial charge in [-0.1, -0.05) is 30.3 Å². The van der Waals surface area contributed by atoms with Gasteiger partial charge in [0.15, 0.2) is 0 Å². The Balaban J connectivity index is 1.73. The van der Waals surface area contributed by atoms with Gasteiger partial charge >= 0.3 is 0 Å². The maximum Gasteiger partial charge on any atom is 0.227 e. The number of nitrogens with one attached hydrogen (secondary N) is 1. The number of rotatable bonds is 6. The molecule has 0 bridgehead atoms. The lowest BCUT2D eigenvalue weighted by Crippen LogP contribution is -2.31. The molecular formula is C17H20N2O2. The molecule has 3 N–H and O–H groups in total. The molecule has 0 radical (unpaired) electrons. The standard InChI is InChI=1S/C17H20N2O2/c1-13(14-5-3-2-4-6-14)17(20)19-11-12-21-16-9-7-15(18)8-10-16/h2-10,13H,11-12,18H2,1H3,(H,19,20). The van der Waals surface area contributed by atoms with E-state index in [0.29, 0.717) is 18.8 Å². The lowest BCUT2D eigenvalue weighted by molar-refractivity contribution is -0.122. The van der Waals surface area contributed by atoms with Gasteiger partial charge in [0.05, 0.1) is 12.5 Å². The minimum absolute atomic E-state index is 0.00195. The molecule has 1 atom stereocenters. The van der Waals surface area contributed by atoms with E-state index in [1.807, 2.05) is 49.4 Å². The van der Waals surface area contributed by atoms with Crippen LogP contribution >= 0.6 is 0 Å². The third-order valence-electron chi connectivity index (χ3n) is 3.24. The zero-order chi connectivity index (χ0) is 15.1. The number of anilines is 1. The number of nitrogens with two attached hydrogens (primary N) is 1. The Labute approximate surface area is 124 Å². The van der Waals surface area contributed by atoms with Crippen molar-refractivity contribution in [2.45, 2.75) is 12.8 Å². The summed E-state index contributed by atoms with van der Waals surface area (Å²) in [7, 11) is 0. The van der Waals surface area contributed by atoms with Crippen molar-refractivity contribution in [3.8, 4) is 5.75 Å². The van der Waals surface area contributed by atoms with Gasteiger partial charge in [-0.2, -0.15) is 0 Å². The van der Waals surface area contributed by atoms with Crippen LogP contribution in [0, 0.1) is 0 Å². The Bertz CT molecular complexity index is 567. The quantitative estimate of drug-likeness (QED) is 0.633. The summed E-state index contributed by atoms with van der Waals surface area (Å²) < 4.78 is 5.53. The average Bonchev–Trinajstić information content (AvgIpc) is 2.53. The highest BCUT2D eigenvalue weighted by molar-refractivity contribution is 5.83. The van der Waals surface area contributed by atoms with Gasteiger partial charge < -0.3 is 15.8 Å². The minimum Gasteiger partial charge on any atom is -0.492 e. The monoisotopic (exact) mass is 284 g/mol. The van der Waals surface area contributed by atoms with Gasteiger partial charge in [-0.3, -0.25) is 4.79 Å². The van der Waals surface area contributed by atoms with Crippen molar-refractivity contribution in [3.63, 3.8) is 0 Å². The first-order valence-electron chi connectivity index (χ1n) is 6.98. The molecule has 0 saturated carbocycles. The van der Waals surface area contributed by atoms with Crippen LogP contribution in [0.2, 0.25) is 0 Å². The van der Waals surface area contributed by atoms with Crippen LogP contribution in [0.25, 0.3) is 0 Å². The predicted molar refractivity (Wildman–Crippen MR) is 84.2 cm³/mol. The molecule has 2 aromatic carbocycles. The largest absolute Gasteiger partial charge is 0.492 e. The molecule has 0 aliphatic heterocycles. The maximum absolute atomic E-state index is 12.0. The summed E-state index contributed by atoms with van der Waals surface area (Å²) in [6.07, 6.45) is 0. The first-order chi connectivity index (χ1) is 10.2. The molecule has 0 spiro atoms. The van der Waals surface area contributed by atoms with E-state index < -0.39 is 0 Å². The Morgan fingerprint density at radius 3 is 2.48 bits per heavy atom. The highest BCUT2D eigenvalue weighted by Gasteiger charge is 2.13. The number of carbonyl (C=O) groups excluding carboxylic acids is 1. The highest BCUT2D eigenvalue weighted by atomic mass is 16.5. The van der Waals surface area contributed by atoms with Crippen molar-refractivity contribution in [2.75, 3.05) is 18.9 Å². The molecule has 21 heavy (non-hydrogen) atoms. The summed E-state index contributed by atoms with van der Waals surface area (Å²) in [4.78, 5) is 12.0. The number of hydrogen-bond donors (Lipinski definition) is 2. The van der Waals surface area contributed by atoms with Crippen molar-refractivity contribution in [1.82, 2.24) is 5.32 Å². The van der Waals surface area contributed by atoms with Crippen molar-refractivity contribution in [3.05, 3.63) is 60.2 Å². The van der Waals surface area contributed by atoms with Crippen LogP contribution in [0.5, 0.6) is 5.75 Å². The van der Waals surface area contributed by atoms with Crippen LogP contribution in [0.4, 0.5) is 5.69 Å². The summed E-state index contributed by atoms with van der Waals surface area (Å²) in [5, 5.41) is 2.87. The molecule has 0 saturated heterocycles. The second-order valence-electron chi connectivity index (χ2n) is 4.84. The fourth-order valence-corrected chi connectivity index (χ4v) is 1.95. The lowest BCUT2D eigenvalue weighted by atomic mass is 10.0. The minimum atomic E-state index is -0.164. The Morgan fingerprint density at radius 2 is 1.81 bits per heavy atom. The van der Waals surface area contributed by atoms with Gasteiger partial charge in [-0.05, 0) is 36.8 Å². The predicted octanol–water partition coefficient (Wildman–Crippen LogP) is 2.57. The van der Waals surface area contributed by atoms with Crippen LogP contribution in [-0.2, 0) is 4.79 Å². The Kier molecular flexibility index (Phi) is 5.21. The van der Waals surface area contributed by atoms with Crippen LogP contribution in [0.3, 0.4) is 0 Å². The van der Waals surface area contributed by atoms with Gasteiger partial charge in [-0.15, -0.1) is 0 Å². The third kappa shape index (κ3) is 4.53. The second-order valence-corrected chi connectivity index (χ2v) is 4.84. The Hall–Kier alpha value is -2.49. The average molecular weight is 284 g/mol. The molecule has 2 rings (SSSR count). The first-order valence-corrected chi connectivity index (χ1v) is 6.98. The highest BCUT2D eigenvalue weighted by Crippen LogP contribution is 2.14. The van der Waals surface area contributed by atoms with E-state index in [9.17, 15) is 4.79 Å². The van der Waals surface area contributed by atoms with Crippen molar-refractivity contribution in [2.24, 2.45) is 0 Å². The number of amides is 1. The zero-order valence-electron chi connectivity index (χ0n) is 12.1. The van der Waals surface area contributed by atoms with E-state index in [2.05, 4.69) is 5.32 Å². The van der Waals surface area contributed by atoms with Gasteiger partial charge in [-0.25, -0.2) is 0 Å². The molecular weight excluding hydrogens is 264 g/mol. The molecule has 110 valence electrons. The third-order valence-corrected chi connectivity index (χ3v) is 3.24. The van der Waals surface area contributed by atoms with Crippen LogP contribution < -0.4 is 15.8 Å². The number of carbonyl (C=O) groups is 1. The summed E-state index contributed by atoms with van der Waals surface area (Å²) in [6.45, 7) is 2.79. The number of hydrogen-bond acceptors (Lipinski definition) is 3. The zero-order valence-corrected chi connectivity index (χ0v) is 12.1. The summed E-state index contributed by atoms with van der Waals surface area (Å²) >= 11 is 0. The van der Waals surface area contributed by atoms with E-state index in [0.717, 1.165) is 11.3 Å². The number of nitrogen functional groups attached to an aromatic ring is 1. The van der Waals surface area contributed by atoms with Gasteiger partial charge in [0.2, 0.25) is 5.91 Å². The van der Waals surface area contributed by atoms with E-state index in [-0.39, 0.29) is 11.8 Å². The van der Waals surface area contributed by atoms with Crippen molar-refractivity contribution >= 4 is 11.6 Å². The number of ether oxygens (including phenoxy) is 1. The van der Waals surface area contributed by atoms with E-state index in [1.165, 1.54) is 0 Å². The second kappa shape index (κ2) is 7.33. The first kappa shape index (κ1) is 14.9. The molecule has 0 aromatic heterocycles. The summed E-state index contributed by atoms with van der Waals surface area (Å²) in [6, 6.07) is 16.9. The molecule has 0 heterocycles. The van der Waals surface area contributed by atoms with E-state index >= 15 is 0 Å². The van der Waals surface area contributed by atoms with Gasteiger partial charge in [0.25, 0.3) is 0 Å². The summed E-state index contributed by atoms with van der Waals surface area (Å²) in [5.74, 6) is 0.583.